The summed E-state index contributed by atoms with van der Waals surface area (Å²) in [7, 11) is 5.22. The standard InChI is InChI=1S/C35H37N5O4/c1-38-33-25(13-23(16-30(33)44-3)35(42)40-18-22-9-11-26(40)31(22)36)37-34(38)27-14-21-5-4-6-24(32(21)39(27)17-19-7-8-19)20-10-12-28(41)29(15-20)43-2/h4-6,10,12-16,19,22,26,31,41H,7-9,11,17-18,36H2,1-3H3/t22-,26-,31-/m1/s1. The molecule has 2 aliphatic carbocycles. The molecule has 2 bridgehead atoms. The van der Waals surface area contributed by atoms with Gasteiger partial charge in [-0.25, -0.2) is 4.98 Å². The third kappa shape index (κ3) is 4.09. The summed E-state index contributed by atoms with van der Waals surface area (Å²) in [5, 5.41) is 11.4. The molecule has 3 fully saturated rings. The first-order valence-electron chi connectivity index (χ1n) is 15.5. The number of amides is 1. The van der Waals surface area contributed by atoms with E-state index in [1.54, 1.807) is 20.3 Å². The summed E-state index contributed by atoms with van der Waals surface area (Å²) < 4.78 is 15.8. The Hall–Kier alpha value is -4.50. The van der Waals surface area contributed by atoms with Crippen LogP contribution in [0.2, 0.25) is 0 Å². The van der Waals surface area contributed by atoms with Gasteiger partial charge in [-0.2, -0.15) is 0 Å². The Morgan fingerprint density at radius 1 is 1.00 bits per heavy atom. The number of phenols is 1. The van der Waals surface area contributed by atoms with Crippen molar-refractivity contribution < 1.29 is 19.4 Å². The zero-order valence-electron chi connectivity index (χ0n) is 25.3. The second-order valence-corrected chi connectivity index (χ2v) is 12.7. The lowest BCUT2D eigenvalue weighted by molar-refractivity contribution is 0.0700. The fourth-order valence-electron chi connectivity index (χ4n) is 7.60. The summed E-state index contributed by atoms with van der Waals surface area (Å²) in [6.07, 6.45) is 4.48. The molecule has 44 heavy (non-hydrogen) atoms. The maximum Gasteiger partial charge on any atom is 0.254 e. The van der Waals surface area contributed by atoms with Crippen molar-refractivity contribution in [1.82, 2.24) is 19.0 Å². The van der Waals surface area contributed by atoms with Crippen molar-refractivity contribution in [2.45, 2.75) is 44.3 Å². The predicted molar refractivity (Wildman–Crippen MR) is 170 cm³/mol. The minimum atomic E-state index is -0.00290. The highest BCUT2D eigenvalue weighted by Crippen LogP contribution is 2.42. The van der Waals surface area contributed by atoms with E-state index < -0.39 is 0 Å². The van der Waals surface area contributed by atoms with E-state index >= 15 is 0 Å². The van der Waals surface area contributed by atoms with Crippen molar-refractivity contribution in [3.63, 3.8) is 0 Å². The Bertz CT molecular complexity index is 1950. The van der Waals surface area contributed by atoms with Crippen molar-refractivity contribution >= 4 is 27.8 Å². The van der Waals surface area contributed by atoms with E-state index in [1.165, 1.54) is 12.8 Å². The van der Waals surface area contributed by atoms with Gasteiger partial charge in [0.25, 0.3) is 5.91 Å². The average molecular weight is 592 g/mol. The number of phenolic OH excluding ortho intramolecular Hbond substituents is 1. The van der Waals surface area contributed by atoms with E-state index in [4.69, 9.17) is 20.2 Å². The maximum atomic E-state index is 13.7. The Balaban J connectivity index is 1.28. The number of rotatable bonds is 7. The topological polar surface area (TPSA) is 108 Å². The monoisotopic (exact) mass is 591 g/mol. The molecule has 1 aliphatic heterocycles. The largest absolute Gasteiger partial charge is 0.504 e. The first-order valence-corrected chi connectivity index (χ1v) is 15.5. The van der Waals surface area contributed by atoms with Gasteiger partial charge in [-0.15, -0.1) is 0 Å². The summed E-state index contributed by atoms with van der Waals surface area (Å²) in [5.41, 5.74) is 12.8. The molecule has 5 aromatic rings. The number of fused-ring (bicyclic) bond motifs is 4. The number of benzene rings is 3. The van der Waals surface area contributed by atoms with Gasteiger partial charge < -0.3 is 34.3 Å². The van der Waals surface area contributed by atoms with Crippen molar-refractivity contribution in [2.75, 3.05) is 20.8 Å². The molecule has 1 saturated heterocycles. The minimum absolute atomic E-state index is 0.00290. The van der Waals surface area contributed by atoms with Crippen molar-refractivity contribution in [3.05, 3.63) is 60.2 Å². The van der Waals surface area contributed by atoms with Gasteiger partial charge in [-0.3, -0.25) is 4.79 Å². The maximum absolute atomic E-state index is 13.7. The fraction of sp³-hybridized carbons (Fsp3) is 0.371. The Morgan fingerprint density at radius 2 is 1.82 bits per heavy atom. The third-order valence-corrected chi connectivity index (χ3v) is 10.1. The molecular formula is C35H37N5O4. The molecule has 8 rings (SSSR count). The number of hydrogen-bond donors (Lipinski definition) is 2. The van der Waals surface area contributed by atoms with Crippen LogP contribution in [-0.4, -0.2) is 62.9 Å². The van der Waals surface area contributed by atoms with Gasteiger partial charge in [0.1, 0.15) is 11.3 Å². The first kappa shape index (κ1) is 27.1. The molecule has 0 spiro atoms. The van der Waals surface area contributed by atoms with Crippen LogP contribution in [0.4, 0.5) is 0 Å². The van der Waals surface area contributed by atoms with Gasteiger partial charge >= 0.3 is 0 Å². The molecule has 0 radical (unpaired) electrons. The SMILES string of the molecule is COc1cc(-c2cccc3cc(-c4nc5cc(C(=O)N6C[C@H]7CC[C@@H]6[C@@H]7N)cc(OC)c5n4C)n(CC4CC4)c23)ccc1O. The lowest BCUT2D eigenvalue weighted by Crippen LogP contribution is -2.41. The van der Waals surface area contributed by atoms with E-state index in [-0.39, 0.29) is 23.7 Å². The van der Waals surface area contributed by atoms with Crippen LogP contribution < -0.4 is 15.2 Å². The molecule has 2 aromatic heterocycles. The second kappa shape index (κ2) is 10.0. The van der Waals surface area contributed by atoms with Crippen LogP contribution in [0.1, 0.15) is 36.0 Å². The Kier molecular flexibility index (Phi) is 6.17. The molecule has 0 unspecified atom stereocenters. The van der Waals surface area contributed by atoms with Crippen LogP contribution in [0.3, 0.4) is 0 Å². The van der Waals surface area contributed by atoms with Crippen molar-refractivity contribution in [2.24, 2.45) is 24.6 Å². The summed E-state index contributed by atoms with van der Waals surface area (Å²) in [4.78, 5) is 20.9. The van der Waals surface area contributed by atoms with Gasteiger partial charge in [0, 0.05) is 48.7 Å². The molecule has 2 saturated carbocycles. The lowest BCUT2D eigenvalue weighted by Gasteiger charge is -2.27. The number of nitrogens with two attached hydrogens (primary N) is 1. The van der Waals surface area contributed by atoms with Gasteiger partial charge in [-0.1, -0.05) is 24.3 Å². The molecule has 3 aromatic carbocycles. The Labute approximate surface area is 255 Å². The van der Waals surface area contributed by atoms with Crippen molar-refractivity contribution in [1.29, 1.82) is 0 Å². The number of aryl methyl sites for hydroxylation is 1. The highest BCUT2D eigenvalue weighted by molar-refractivity contribution is 6.01. The molecule has 1 amide bonds. The van der Waals surface area contributed by atoms with Crippen LogP contribution >= 0.6 is 0 Å². The fourth-order valence-corrected chi connectivity index (χ4v) is 7.60. The predicted octanol–water partition coefficient (Wildman–Crippen LogP) is 5.56. The third-order valence-electron chi connectivity index (χ3n) is 10.1. The molecular weight excluding hydrogens is 554 g/mol. The molecule has 3 atom stereocenters. The zero-order chi connectivity index (χ0) is 30.3. The second-order valence-electron chi connectivity index (χ2n) is 12.7. The van der Waals surface area contributed by atoms with Crippen LogP contribution in [0.15, 0.2) is 54.6 Å². The van der Waals surface area contributed by atoms with E-state index in [9.17, 15) is 9.90 Å². The number of methoxy groups -OCH3 is 2. The Morgan fingerprint density at radius 3 is 2.52 bits per heavy atom. The van der Waals surface area contributed by atoms with Crippen LogP contribution in [-0.2, 0) is 13.6 Å². The number of ether oxygens (including phenoxy) is 2. The van der Waals surface area contributed by atoms with E-state index in [0.717, 1.165) is 70.5 Å². The molecule has 9 nitrogen and oxygen atoms in total. The number of piperidine rings is 1. The van der Waals surface area contributed by atoms with Crippen LogP contribution in [0.5, 0.6) is 17.2 Å². The van der Waals surface area contributed by atoms with Crippen LogP contribution in [0, 0.1) is 11.8 Å². The number of hydrogen-bond acceptors (Lipinski definition) is 6. The highest BCUT2D eigenvalue weighted by atomic mass is 16.5. The number of aromatic hydroxyl groups is 1. The van der Waals surface area contributed by atoms with E-state index in [2.05, 4.69) is 33.4 Å². The minimum Gasteiger partial charge on any atom is -0.504 e. The number of carbonyl (C=O) groups excluding carboxylic acids is 1. The number of aromatic nitrogens is 3. The highest BCUT2D eigenvalue weighted by Gasteiger charge is 2.47. The van der Waals surface area contributed by atoms with E-state index in [1.807, 2.05) is 36.2 Å². The molecule has 226 valence electrons. The van der Waals surface area contributed by atoms with Crippen molar-refractivity contribution in [3.8, 4) is 39.9 Å². The quantitative estimate of drug-likeness (QED) is 0.257. The van der Waals surface area contributed by atoms with Gasteiger partial charge in [0.2, 0.25) is 0 Å². The normalized spacial score (nSPS) is 21.1. The molecule has 3 aliphatic rings. The van der Waals surface area contributed by atoms with Gasteiger partial charge in [-0.05, 0) is 73.4 Å². The van der Waals surface area contributed by atoms with Gasteiger partial charge in [0.05, 0.1) is 30.9 Å². The summed E-state index contributed by atoms with van der Waals surface area (Å²) in [6.45, 7) is 1.60. The number of para-hydroxylation sites is 1. The number of imidazole rings is 1. The number of likely N-dealkylation sites (tertiary alicyclic amines) is 1. The average Bonchev–Trinajstić information content (AvgIpc) is 3.42. The molecule has 9 heteroatoms. The smallest absolute Gasteiger partial charge is 0.254 e. The molecule has 3 heterocycles. The zero-order valence-corrected chi connectivity index (χ0v) is 25.3. The first-order chi connectivity index (χ1) is 21.4. The molecule has 3 N–H and O–H groups in total. The summed E-state index contributed by atoms with van der Waals surface area (Å²) in [6, 6.07) is 17.9. The van der Waals surface area contributed by atoms with Gasteiger partial charge in [0.15, 0.2) is 17.3 Å². The van der Waals surface area contributed by atoms with Crippen LogP contribution in [0.25, 0.3) is 44.6 Å². The summed E-state index contributed by atoms with van der Waals surface area (Å²) in [5.74, 6) is 3.00. The summed E-state index contributed by atoms with van der Waals surface area (Å²) >= 11 is 0. The van der Waals surface area contributed by atoms with E-state index in [0.29, 0.717) is 28.9 Å². The number of nitrogens with zero attached hydrogens (tertiary/aromatic N) is 4. The lowest BCUT2D eigenvalue weighted by atomic mass is 10.0. The number of carbonyl (C=O) groups is 1.